The maximum absolute atomic E-state index is 13.2. The van der Waals surface area contributed by atoms with E-state index < -0.39 is 6.10 Å². The highest BCUT2D eigenvalue weighted by Crippen LogP contribution is 2.26. The second-order valence-electron chi connectivity index (χ2n) is 4.89. The molecule has 2 nitrogen and oxygen atoms in total. The predicted molar refractivity (Wildman–Crippen MR) is 84.5 cm³/mol. The number of aromatic nitrogens is 1. The van der Waals surface area contributed by atoms with E-state index in [4.69, 9.17) is 0 Å². The van der Waals surface area contributed by atoms with E-state index in [0.29, 0.717) is 10.9 Å². The molecule has 0 fully saturated rings. The van der Waals surface area contributed by atoms with Crippen molar-refractivity contribution >= 4 is 26.8 Å². The van der Waals surface area contributed by atoms with Crippen LogP contribution < -0.4 is 0 Å². The number of aliphatic hydroxyl groups is 1. The average molecular weight is 346 g/mol. The van der Waals surface area contributed by atoms with E-state index in [2.05, 4.69) is 20.9 Å². The van der Waals surface area contributed by atoms with Gasteiger partial charge >= 0.3 is 0 Å². The monoisotopic (exact) mass is 345 g/mol. The quantitative estimate of drug-likeness (QED) is 0.762. The van der Waals surface area contributed by atoms with Crippen molar-refractivity contribution in [2.24, 2.45) is 0 Å². The van der Waals surface area contributed by atoms with Gasteiger partial charge in [-0.1, -0.05) is 24.3 Å². The highest BCUT2D eigenvalue weighted by molar-refractivity contribution is 9.10. The molecule has 0 bridgehead atoms. The topological polar surface area (TPSA) is 33.1 Å². The molecule has 0 spiro atoms. The van der Waals surface area contributed by atoms with Gasteiger partial charge in [0.2, 0.25) is 0 Å². The third-order valence-corrected chi connectivity index (χ3v) is 4.06. The van der Waals surface area contributed by atoms with Gasteiger partial charge in [0, 0.05) is 18.0 Å². The van der Waals surface area contributed by atoms with Gasteiger partial charge in [-0.3, -0.25) is 4.98 Å². The number of pyridine rings is 1. The second kappa shape index (κ2) is 5.92. The third-order valence-electron chi connectivity index (χ3n) is 3.45. The first-order valence-corrected chi connectivity index (χ1v) is 7.40. The molecule has 21 heavy (non-hydrogen) atoms. The number of hydrogen-bond acceptors (Lipinski definition) is 2. The Morgan fingerprint density at radius 1 is 1.14 bits per heavy atom. The third kappa shape index (κ3) is 2.96. The van der Waals surface area contributed by atoms with Crippen molar-refractivity contribution in [3.8, 4) is 0 Å². The molecule has 2 aromatic carbocycles. The smallest absolute Gasteiger partial charge is 0.137 e. The molecule has 3 rings (SSSR count). The van der Waals surface area contributed by atoms with Gasteiger partial charge in [-0.15, -0.1) is 0 Å². The first kappa shape index (κ1) is 14.2. The number of rotatable bonds is 3. The summed E-state index contributed by atoms with van der Waals surface area (Å²) >= 11 is 3.17. The van der Waals surface area contributed by atoms with Crippen LogP contribution in [0.2, 0.25) is 0 Å². The molecule has 0 aliphatic carbocycles. The molecule has 0 radical (unpaired) electrons. The molecule has 4 heteroatoms. The van der Waals surface area contributed by atoms with Crippen LogP contribution >= 0.6 is 15.9 Å². The molecule has 1 atom stereocenters. The summed E-state index contributed by atoms with van der Waals surface area (Å²) in [6.45, 7) is 0. The summed E-state index contributed by atoms with van der Waals surface area (Å²) in [5.74, 6) is -0.303. The minimum Gasteiger partial charge on any atom is -0.388 e. The Kier molecular flexibility index (Phi) is 3.99. The van der Waals surface area contributed by atoms with E-state index in [1.54, 1.807) is 18.3 Å². The number of nitrogens with zero attached hydrogens (tertiary/aromatic N) is 1. The van der Waals surface area contributed by atoms with Crippen LogP contribution in [0.15, 0.2) is 59.2 Å². The summed E-state index contributed by atoms with van der Waals surface area (Å²) < 4.78 is 13.7. The molecule has 1 heterocycles. The van der Waals surface area contributed by atoms with Gasteiger partial charge < -0.3 is 5.11 Å². The van der Waals surface area contributed by atoms with Crippen LogP contribution in [-0.4, -0.2) is 10.1 Å². The zero-order chi connectivity index (χ0) is 14.8. The summed E-state index contributed by atoms with van der Waals surface area (Å²) in [6.07, 6.45) is 1.46. The minimum atomic E-state index is -0.657. The first-order chi connectivity index (χ1) is 10.1. The van der Waals surface area contributed by atoms with Crippen molar-refractivity contribution in [3.63, 3.8) is 0 Å². The Morgan fingerprint density at radius 2 is 1.95 bits per heavy atom. The van der Waals surface area contributed by atoms with Crippen molar-refractivity contribution in [2.45, 2.75) is 12.5 Å². The molecule has 1 unspecified atom stereocenters. The van der Waals surface area contributed by atoms with Crippen LogP contribution in [-0.2, 0) is 6.42 Å². The highest BCUT2D eigenvalue weighted by Gasteiger charge is 2.13. The number of fused-ring (bicyclic) bond motifs is 1. The number of benzene rings is 2. The maximum Gasteiger partial charge on any atom is 0.137 e. The number of hydrogen-bond donors (Lipinski definition) is 1. The van der Waals surface area contributed by atoms with Crippen molar-refractivity contribution in [3.05, 3.63) is 76.1 Å². The zero-order valence-corrected chi connectivity index (χ0v) is 12.7. The number of halogens is 2. The van der Waals surface area contributed by atoms with Crippen LogP contribution in [0.3, 0.4) is 0 Å². The SMILES string of the molecule is OC(Cc1ccc(F)c(Br)c1)c1ccnc2ccccc12. The summed E-state index contributed by atoms with van der Waals surface area (Å²) in [5.41, 5.74) is 2.56. The Bertz CT molecular complexity index is 785. The average Bonchev–Trinajstić information content (AvgIpc) is 2.50. The molecule has 0 aliphatic rings. The van der Waals surface area contributed by atoms with Crippen molar-refractivity contribution in [2.75, 3.05) is 0 Å². The molecule has 3 aromatic rings. The molecule has 0 amide bonds. The lowest BCUT2D eigenvalue weighted by molar-refractivity contribution is 0.180. The molecular formula is C17H13BrFNO. The molecule has 0 saturated carbocycles. The fourth-order valence-electron chi connectivity index (χ4n) is 2.41. The maximum atomic E-state index is 13.2. The molecular weight excluding hydrogens is 333 g/mol. The standard InChI is InChI=1S/C17H13BrFNO/c18-14-9-11(5-6-15(14)19)10-17(21)13-7-8-20-16-4-2-1-3-12(13)16/h1-9,17,21H,10H2. The largest absolute Gasteiger partial charge is 0.388 e. The molecule has 0 saturated heterocycles. The van der Waals surface area contributed by atoms with Gasteiger partial charge in [-0.2, -0.15) is 0 Å². The number of aliphatic hydroxyl groups excluding tert-OH is 1. The van der Waals surface area contributed by atoms with Crippen molar-refractivity contribution in [1.82, 2.24) is 4.98 Å². The van der Waals surface area contributed by atoms with Gasteiger partial charge in [0.05, 0.1) is 16.1 Å². The van der Waals surface area contributed by atoms with Crippen LogP contribution in [0.1, 0.15) is 17.2 Å². The molecule has 0 aliphatic heterocycles. The lowest BCUT2D eigenvalue weighted by Crippen LogP contribution is -2.03. The minimum absolute atomic E-state index is 0.303. The van der Waals surface area contributed by atoms with Crippen LogP contribution in [0.25, 0.3) is 10.9 Å². The van der Waals surface area contributed by atoms with Crippen molar-refractivity contribution < 1.29 is 9.50 Å². The Morgan fingerprint density at radius 3 is 2.76 bits per heavy atom. The lowest BCUT2D eigenvalue weighted by Gasteiger charge is -2.14. The molecule has 106 valence electrons. The van der Waals surface area contributed by atoms with Gasteiger partial charge in [0.15, 0.2) is 0 Å². The second-order valence-corrected chi connectivity index (χ2v) is 5.74. The van der Waals surface area contributed by atoms with E-state index >= 15 is 0 Å². The zero-order valence-electron chi connectivity index (χ0n) is 11.1. The normalized spacial score (nSPS) is 12.5. The predicted octanol–water partition coefficient (Wildman–Crippen LogP) is 4.41. The van der Waals surface area contributed by atoms with Crippen LogP contribution in [0.4, 0.5) is 4.39 Å². The van der Waals surface area contributed by atoms with Crippen LogP contribution in [0, 0.1) is 5.82 Å². The fourth-order valence-corrected chi connectivity index (χ4v) is 2.83. The summed E-state index contributed by atoms with van der Waals surface area (Å²) in [7, 11) is 0. The number of para-hydroxylation sites is 1. The molecule has 1 N–H and O–H groups in total. The Hall–Kier alpha value is -1.78. The fraction of sp³-hybridized carbons (Fsp3) is 0.118. The Labute approximate surface area is 130 Å². The van der Waals surface area contributed by atoms with Crippen LogP contribution in [0.5, 0.6) is 0 Å². The van der Waals surface area contributed by atoms with Gasteiger partial charge in [-0.25, -0.2) is 4.39 Å². The summed E-state index contributed by atoms with van der Waals surface area (Å²) in [5, 5.41) is 11.4. The Balaban J connectivity index is 1.93. The van der Waals surface area contributed by atoms with Crippen molar-refractivity contribution in [1.29, 1.82) is 0 Å². The van der Waals surface area contributed by atoms with Gasteiger partial charge in [0.1, 0.15) is 5.82 Å². The summed E-state index contributed by atoms with van der Waals surface area (Å²) in [4.78, 5) is 4.29. The lowest BCUT2D eigenvalue weighted by atomic mass is 9.98. The molecule has 1 aromatic heterocycles. The van der Waals surface area contributed by atoms with E-state index in [1.165, 1.54) is 6.07 Å². The van der Waals surface area contributed by atoms with E-state index in [9.17, 15) is 9.50 Å². The van der Waals surface area contributed by atoms with E-state index in [1.807, 2.05) is 30.3 Å². The highest BCUT2D eigenvalue weighted by atomic mass is 79.9. The van der Waals surface area contributed by atoms with Gasteiger partial charge in [-0.05, 0) is 51.3 Å². The summed E-state index contributed by atoms with van der Waals surface area (Å²) in [6, 6.07) is 14.3. The van der Waals surface area contributed by atoms with E-state index in [0.717, 1.165) is 22.0 Å². The van der Waals surface area contributed by atoms with E-state index in [-0.39, 0.29) is 5.82 Å². The first-order valence-electron chi connectivity index (χ1n) is 6.61. The van der Waals surface area contributed by atoms with Gasteiger partial charge in [0.25, 0.3) is 0 Å².